The highest BCUT2D eigenvalue weighted by molar-refractivity contribution is 8.18. The molecule has 0 spiro atoms. The molecular weight excluding hydrogens is 408 g/mol. The van der Waals surface area contributed by atoms with Gasteiger partial charge in [0.05, 0.1) is 11.4 Å². The number of nitrogens with zero attached hydrogens (tertiary/aromatic N) is 2. The molecule has 2 aliphatic heterocycles. The molecule has 2 aromatic carbocycles. The van der Waals surface area contributed by atoms with Gasteiger partial charge in [0.25, 0.3) is 17.1 Å². The largest absolute Gasteiger partial charge is 0.339 e. The first-order valence-corrected chi connectivity index (χ1v) is 10.6. The molecule has 4 rings (SSSR count). The molecule has 0 aromatic heterocycles. The average Bonchev–Trinajstić information content (AvgIpc) is 3.34. The molecule has 2 heterocycles. The Bertz CT molecular complexity index is 997. The third-order valence-corrected chi connectivity index (χ3v) is 6.28. The number of carbonyl (C=O) groups is 3. The van der Waals surface area contributed by atoms with Gasteiger partial charge in [-0.2, -0.15) is 0 Å². The van der Waals surface area contributed by atoms with Crippen molar-refractivity contribution in [1.82, 2.24) is 9.80 Å². The second-order valence-electron chi connectivity index (χ2n) is 6.98. The number of amides is 3. The molecule has 148 valence electrons. The summed E-state index contributed by atoms with van der Waals surface area (Å²) >= 11 is 7.06. The monoisotopic (exact) mass is 426 g/mol. The fourth-order valence-corrected chi connectivity index (χ4v) is 4.44. The summed E-state index contributed by atoms with van der Waals surface area (Å²) in [6, 6.07) is 14.3. The van der Waals surface area contributed by atoms with Gasteiger partial charge < -0.3 is 4.90 Å². The number of benzene rings is 2. The minimum atomic E-state index is -0.336. The molecule has 0 bridgehead atoms. The first-order valence-electron chi connectivity index (χ1n) is 9.41. The van der Waals surface area contributed by atoms with Crippen LogP contribution in [0.1, 0.15) is 34.3 Å². The first kappa shape index (κ1) is 19.7. The van der Waals surface area contributed by atoms with E-state index in [0.29, 0.717) is 15.5 Å². The minimum absolute atomic E-state index is 0.0362. The molecule has 5 nitrogen and oxygen atoms in total. The molecule has 29 heavy (non-hydrogen) atoms. The van der Waals surface area contributed by atoms with Crippen molar-refractivity contribution in [3.8, 4) is 0 Å². The van der Waals surface area contributed by atoms with Gasteiger partial charge in [0.1, 0.15) is 0 Å². The van der Waals surface area contributed by atoms with E-state index in [0.717, 1.165) is 48.8 Å². The number of halogens is 1. The Hall–Kier alpha value is -2.57. The number of hydrogen-bond acceptors (Lipinski definition) is 4. The Morgan fingerprint density at radius 3 is 2.41 bits per heavy atom. The summed E-state index contributed by atoms with van der Waals surface area (Å²) < 4.78 is 0. The first-order chi connectivity index (χ1) is 14.0. The zero-order valence-electron chi connectivity index (χ0n) is 15.6. The van der Waals surface area contributed by atoms with E-state index < -0.39 is 0 Å². The highest BCUT2D eigenvalue weighted by Gasteiger charge is 2.35. The summed E-state index contributed by atoms with van der Waals surface area (Å²) in [5, 5.41) is 0.204. The number of likely N-dealkylation sites (tertiary alicyclic amines) is 1. The molecule has 0 radical (unpaired) electrons. The lowest BCUT2D eigenvalue weighted by Gasteiger charge is -2.15. The Morgan fingerprint density at radius 2 is 1.72 bits per heavy atom. The zero-order chi connectivity index (χ0) is 20.4. The summed E-state index contributed by atoms with van der Waals surface area (Å²) in [4.78, 5) is 40.9. The SMILES string of the molecule is O=C(c1ccc(/C=C2\SC(=O)N(Cc3ccccc3Cl)C2=O)cc1)N1CCCC1. The molecule has 0 N–H and O–H groups in total. The highest BCUT2D eigenvalue weighted by atomic mass is 35.5. The molecule has 2 aromatic rings. The Balaban J connectivity index is 1.48. The van der Waals surface area contributed by atoms with Crippen LogP contribution in [0.25, 0.3) is 6.08 Å². The van der Waals surface area contributed by atoms with Gasteiger partial charge >= 0.3 is 0 Å². The molecule has 2 aliphatic rings. The average molecular weight is 427 g/mol. The fourth-order valence-electron chi connectivity index (χ4n) is 3.41. The van der Waals surface area contributed by atoms with Gasteiger partial charge in [0.2, 0.25) is 0 Å². The maximum atomic E-state index is 12.7. The highest BCUT2D eigenvalue weighted by Crippen LogP contribution is 2.34. The van der Waals surface area contributed by atoms with E-state index in [1.165, 1.54) is 4.90 Å². The fraction of sp³-hybridized carbons (Fsp3) is 0.227. The molecular formula is C22H19ClN2O3S. The number of carbonyl (C=O) groups excluding carboxylic acids is 3. The molecule has 0 atom stereocenters. The van der Waals surface area contributed by atoms with Crippen LogP contribution in [0.5, 0.6) is 0 Å². The number of thioether (sulfide) groups is 1. The Morgan fingerprint density at radius 1 is 1.03 bits per heavy atom. The van der Waals surface area contributed by atoms with Gasteiger partial charge in [-0.15, -0.1) is 0 Å². The molecule has 7 heteroatoms. The van der Waals surface area contributed by atoms with Crippen LogP contribution in [0, 0.1) is 0 Å². The molecule has 2 saturated heterocycles. The van der Waals surface area contributed by atoms with Crippen LogP contribution < -0.4 is 0 Å². The van der Waals surface area contributed by atoms with Gasteiger partial charge in [-0.25, -0.2) is 0 Å². The van der Waals surface area contributed by atoms with Crippen molar-refractivity contribution >= 4 is 46.5 Å². The van der Waals surface area contributed by atoms with E-state index >= 15 is 0 Å². The van der Waals surface area contributed by atoms with Crippen molar-refractivity contribution in [1.29, 1.82) is 0 Å². The van der Waals surface area contributed by atoms with Gasteiger partial charge in [0, 0.05) is 23.7 Å². The van der Waals surface area contributed by atoms with Crippen molar-refractivity contribution in [2.45, 2.75) is 19.4 Å². The van der Waals surface area contributed by atoms with Crippen LogP contribution >= 0.6 is 23.4 Å². The predicted molar refractivity (Wildman–Crippen MR) is 115 cm³/mol. The van der Waals surface area contributed by atoms with Gasteiger partial charge in [-0.3, -0.25) is 19.3 Å². The summed E-state index contributed by atoms with van der Waals surface area (Å²) in [5.74, 6) is -0.300. The van der Waals surface area contributed by atoms with E-state index in [2.05, 4.69) is 0 Å². The summed E-state index contributed by atoms with van der Waals surface area (Å²) in [6.45, 7) is 1.75. The van der Waals surface area contributed by atoms with Crippen LogP contribution in [-0.2, 0) is 11.3 Å². The Labute approximate surface area is 178 Å². The van der Waals surface area contributed by atoms with E-state index in [-0.39, 0.29) is 23.6 Å². The van der Waals surface area contributed by atoms with E-state index in [9.17, 15) is 14.4 Å². The lowest BCUT2D eigenvalue weighted by molar-refractivity contribution is -0.123. The second-order valence-corrected chi connectivity index (χ2v) is 8.38. The zero-order valence-corrected chi connectivity index (χ0v) is 17.2. The smallest absolute Gasteiger partial charge is 0.293 e. The third-order valence-electron chi connectivity index (χ3n) is 5.01. The van der Waals surface area contributed by atoms with Crippen molar-refractivity contribution in [3.63, 3.8) is 0 Å². The lowest BCUT2D eigenvalue weighted by Crippen LogP contribution is -2.27. The standard InChI is InChI=1S/C22H19ClN2O3S/c23-18-6-2-1-5-17(18)14-25-21(27)19(29-22(25)28)13-15-7-9-16(10-8-15)20(26)24-11-3-4-12-24/h1-2,5-10,13H,3-4,11-12,14H2/b19-13-. The van der Waals surface area contributed by atoms with Crippen molar-refractivity contribution < 1.29 is 14.4 Å². The third kappa shape index (κ3) is 4.23. The molecule has 3 amide bonds. The summed E-state index contributed by atoms with van der Waals surface area (Å²) in [5.41, 5.74) is 2.13. The number of rotatable bonds is 4. The van der Waals surface area contributed by atoms with E-state index in [1.54, 1.807) is 48.5 Å². The normalized spacial score (nSPS) is 18.2. The van der Waals surface area contributed by atoms with Gasteiger partial charge in [0.15, 0.2) is 0 Å². The van der Waals surface area contributed by atoms with Crippen LogP contribution in [0.15, 0.2) is 53.4 Å². The van der Waals surface area contributed by atoms with Crippen molar-refractivity contribution in [2.24, 2.45) is 0 Å². The number of imide groups is 1. The Kier molecular flexibility index (Phi) is 5.74. The van der Waals surface area contributed by atoms with Crippen LogP contribution in [0.2, 0.25) is 5.02 Å². The topological polar surface area (TPSA) is 57.7 Å². The maximum absolute atomic E-state index is 12.7. The summed E-state index contributed by atoms with van der Waals surface area (Å²) in [6.07, 6.45) is 3.78. The quantitative estimate of drug-likeness (QED) is 0.658. The van der Waals surface area contributed by atoms with Crippen molar-refractivity contribution in [2.75, 3.05) is 13.1 Å². The molecule has 2 fully saturated rings. The lowest BCUT2D eigenvalue weighted by atomic mass is 10.1. The van der Waals surface area contributed by atoms with Gasteiger partial charge in [-0.1, -0.05) is 41.9 Å². The molecule has 0 saturated carbocycles. The molecule has 0 aliphatic carbocycles. The predicted octanol–water partition coefficient (Wildman–Crippen LogP) is 4.81. The van der Waals surface area contributed by atoms with Crippen LogP contribution in [-0.4, -0.2) is 39.9 Å². The maximum Gasteiger partial charge on any atom is 0.293 e. The van der Waals surface area contributed by atoms with Gasteiger partial charge in [-0.05, 0) is 60.0 Å². The summed E-state index contributed by atoms with van der Waals surface area (Å²) in [7, 11) is 0. The molecule has 0 unspecified atom stereocenters. The van der Waals surface area contributed by atoms with E-state index in [1.807, 2.05) is 11.0 Å². The minimum Gasteiger partial charge on any atom is -0.339 e. The van der Waals surface area contributed by atoms with Crippen LogP contribution in [0.3, 0.4) is 0 Å². The second kappa shape index (κ2) is 8.43. The van der Waals surface area contributed by atoms with Crippen molar-refractivity contribution in [3.05, 3.63) is 75.1 Å². The van der Waals surface area contributed by atoms with E-state index in [4.69, 9.17) is 11.6 Å². The number of hydrogen-bond donors (Lipinski definition) is 0. The van der Waals surface area contributed by atoms with Crippen LogP contribution in [0.4, 0.5) is 4.79 Å².